The molecule has 1 aromatic carbocycles. The second-order valence-corrected chi connectivity index (χ2v) is 5.76. The molecule has 0 aromatic heterocycles. The van der Waals surface area contributed by atoms with Gasteiger partial charge >= 0.3 is 0 Å². The van der Waals surface area contributed by atoms with E-state index in [1.165, 1.54) is 11.0 Å². The smallest absolute Gasteiger partial charge is 0.246 e. The van der Waals surface area contributed by atoms with Gasteiger partial charge in [0.15, 0.2) is 0 Å². The van der Waals surface area contributed by atoms with E-state index in [9.17, 15) is 14.0 Å². The highest BCUT2D eigenvalue weighted by Crippen LogP contribution is 2.20. The highest BCUT2D eigenvalue weighted by Gasteiger charge is 2.37. The van der Waals surface area contributed by atoms with Crippen molar-refractivity contribution in [2.24, 2.45) is 0 Å². The number of carbonyl (C=O) groups excluding carboxylic acids is 2. The largest absolute Gasteiger partial charge is 0.343 e. The Hall–Kier alpha value is -1.43. The Labute approximate surface area is 125 Å². The predicted molar refractivity (Wildman–Crippen MR) is 76.3 cm³/mol. The van der Waals surface area contributed by atoms with Gasteiger partial charge in [-0.25, -0.2) is 4.39 Å². The highest BCUT2D eigenvalue weighted by atomic mass is 79.9. The first-order valence-corrected chi connectivity index (χ1v) is 7.28. The summed E-state index contributed by atoms with van der Waals surface area (Å²) >= 11 is 3.28. The molecule has 1 aliphatic rings. The maximum atomic E-state index is 13.8. The molecule has 1 aliphatic heterocycles. The average Bonchev–Trinajstić information content (AvgIpc) is 2.42. The zero-order valence-electron chi connectivity index (χ0n) is 11.3. The van der Waals surface area contributed by atoms with E-state index >= 15 is 0 Å². The van der Waals surface area contributed by atoms with Gasteiger partial charge < -0.3 is 10.2 Å². The normalized spacial score (nSPS) is 22.9. The number of amides is 2. The Bertz CT molecular complexity index is 550. The number of halogens is 2. The van der Waals surface area contributed by atoms with Gasteiger partial charge in [-0.05, 0) is 31.5 Å². The summed E-state index contributed by atoms with van der Waals surface area (Å²) < 4.78 is 14.5. The quantitative estimate of drug-likeness (QED) is 0.915. The first-order valence-electron chi connectivity index (χ1n) is 6.48. The maximum Gasteiger partial charge on any atom is 0.246 e. The SMILES string of the molecule is CCC1NC(=O)C(C)N(Cc2cc(Br)ccc2F)C1=O. The molecule has 1 saturated heterocycles. The van der Waals surface area contributed by atoms with E-state index in [-0.39, 0.29) is 24.2 Å². The molecule has 4 nitrogen and oxygen atoms in total. The van der Waals surface area contributed by atoms with Crippen LogP contribution in [0.3, 0.4) is 0 Å². The Kier molecular flexibility index (Phi) is 4.42. The van der Waals surface area contributed by atoms with Crippen molar-refractivity contribution < 1.29 is 14.0 Å². The van der Waals surface area contributed by atoms with Gasteiger partial charge in [-0.1, -0.05) is 22.9 Å². The number of piperazine rings is 1. The van der Waals surface area contributed by atoms with E-state index in [2.05, 4.69) is 21.2 Å². The summed E-state index contributed by atoms with van der Waals surface area (Å²) in [5.41, 5.74) is 0.393. The van der Waals surface area contributed by atoms with Crippen molar-refractivity contribution in [3.05, 3.63) is 34.1 Å². The van der Waals surface area contributed by atoms with Crippen LogP contribution in [0.25, 0.3) is 0 Å². The molecule has 2 amide bonds. The summed E-state index contributed by atoms with van der Waals surface area (Å²) in [6.45, 7) is 3.57. The van der Waals surface area contributed by atoms with Crippen LogP contribution < -0.4 is 5.32 Å². The molecule has 20 heavy (non-hydrogen) atoms. The molecule has 1 fully saturated rings. The van der Waals surface area contributed by atoms with Gasteiger partial charge in [0, 0.05) is 16.6 Å². The molecule has 1 aromatic rings. The van der Waals surface area contributed by atoms with Crippen molar-refractivity contribution in [3.8, 4) is 0 Å². The van der Waals surface area contributed by atoms with Gasteiger partial charge in [-0.15, -0.1) is 0 Å². The molecule has 2 rings (SSSR count). The van der Waals surface area contributed by atoms with Crippen molar-refractivity contribution in [1.29, 1.82) is 0 Å². The average molecular weight is 343 g/mol. The number of hydrogen-bond donors (Lipinski definition) is 1. The summed E-state index contributed by atoms with van der Waals surface area (Å²) in [4.78, 5) is 25.6. The van der Waals surface area contributed by atoms with Gasteiger partial charge in [0.25, 0.3) is 0 Å². The van der Waals surface area contributed by atoms with Gasteiger partial charge in [-0.3, -0.25) is 9.59 Å². The second-order valence-electron chi connectivity index (χ2n) is 4.85. The van der Waals surface area contributed by atoms with Gasteiger partial charge in [-0.2, -0.15) is 0 Å². The van der Waals surface area contributed by atoms with Gasteiger partial charge in [0.1, 0.15) is 17.9 Å². The summed E-state index contributed by atoms with van der Waals surface area (Å²) in [5.74, 6) is -0.752. The predicted octanol–water partition coefficient (Wildman–Crippen LogP) is 2.21. The van der Waals surface area contributed by atoms with Gasteiger partial charge in [0.2, 0.25) is 11.8 Å². The standard InChI is InChI=1S/C14H16BrFN2O2/c1-3-12-14(20)18(8(2)13(19)17-12)7-9-6-10(15)4-5-11(9)16/h4-6,8,12H,3,7H2,1-2H3,(H,17,19). The third-order valence-corrected chi connectivity index (χ3v) is 3.99. The monoisotopic (exact) mass is 342 g/mol. The first-order chi connectivity index (χ1) is 9.43. The van der Waals surface area contributed by atoms with Crippen molar-refractivity contribution in [2.75, 3.05) is 0 Å². The zero-order valence-corrected chi connectivity index (χ0v) is 12.9. The Morgan fingerprint density at radius 1 is 1.40 bits per heavy atom. The molecule has 0 radical (unpaired) electrons. The first kappa shape index (κ1) is 15.0. The molecule has 1 heterocycles. The molecule has 0 bridgehead atoms. The van der Waals surface area contributed by atoms with Gasteiger partial charge in [0.05, 0.1) is 0 Å². The Morgan fingerprint density at radius 3 is 2.75 bits per heavy atom. The minimum atomic E-state index is -0.594. The fourth-order valence-corrected chi connectivity index (χ4v) is 2.63. The maximum absolute atomic E-state index is 13.8. The number of rotatable bonds is 3. The summed E-state index contributed by atoms with van der Waals surface area (Å²) in [6, 6.07) is 3.46. The minimum absolute atomic E-state index is 0.0925. The molecule has 2 unspecified atom stereocenters. The van der Waals surface area contributed by atoms with Crippen LogP contribution in [0, 0.1) is 5.82 Å². The number of nitrogens with zero attached hydrogens (tertiary/aromatic N) is 1. The van der Waals surface area contributed by atoms with Crippen molar-refractivity contribution in [2.45, 2.75) is 38.9 Å². The topological polar surface area (TPSA) is 49.4 Å². The van der Waals surface area contributed by atoms with E-state index in [4.69, 9.17) is 0 Å². The van der Waals surface area contributed by atoms with E-state index in [1.807, 2.05) is 6.92 Å². The summed E-state index contributed by atoms with van der Waals surface area (Å²) in [5, 5.41) is 2.67. The number of hydrogen-bond acceptors (Lipinski definition) is 2. The van der Waals surface area contributed by atoms with Crippen molar-refractivity contribution >= 4 is 27.7 Å². The summed E-state index contributed by atoms with van der Waals surface area (Å²) in [7, 11) is 0. The summed E-state index contributed by atoms with van der Waals surface area (Å²) in [6.07, 6.45) is 0.523. The highest BCUT2D eigenvalue weighted by molar-refractivity contribution is 9.10. The van der Waals surface area contributed by atoms with E-state index in [0.717, 1.165) is 4.47 Å². The van der Waals surface area contributed by atoms with E-state index < -0.39 is 12.1 Å². The van der Waals surface area contributed by atoms with E-state index in [0.29, 0.717) is 12.0 Å². The van der Waals surface area contributed by atoms with Crippen LogP contribution in [0.4, 0.5) is 4.39 Å². The van der Waals surface area contributed by atoms with Crippen molar-refractivity contribution in [3.63, 3.8) is 0 Å². The van der Waals surface area contributed by atoms with Crippen LogP contribution in [-0.4, -0.2) is 28.8 Å². The van der Waals surface area contributed by atoms with Crippen LogP contribution in [-0.2, 0) is 16.1 Å². The molecule has 108 valence electrons. The van der Waals surface area contributed by atoms with Crippen LogP contribution >= 0.6 is 15.9 Å². The lowest BCUT2D eigenvalue weighted by Crippen LogP contribution is -2.61. The molecular weight excluding hydrogens is 327 g/mol. The molecule has 0 saturated carbocycles. The lowest BCUT2D eigenvalue weighted by molar-refractivity contribution is -0.149. The molecule has 6 heteroatoms. The number of nitrogens with one attached hydrogen (secondary N) is 1. The van der Waals surface area contributed by atoms with Crippen LogP contribution in [0.15, 0.2) is 22.7 Å². The Morgan fingerprint density at radius 2 is 2.10 bits per heavy atom. The second kappa shape index (κ2) is 5.91. The third-order valence-electron chi connectivity index (χ3n) is 3.50. The lowest BCUT2D eigenvalue weighted by Gasteiger charge is -2.37. The number of carbonyl (C=O) groups is 2. The fourth-order valence-electron chi connectivity index (χ4n) is 2.23. The van der Waals surface area contributed by atoms with Crippen LogP contribution in [0.2, 0.25) is 0 Å². The third kappa shape index (κ3) is 2.85. The van der Waals surface area contributed by atoms with Crippen LogP contribution in [0.5, 0.6) is 0 Å². The molecule has 1 N–H and O–H groups in total. The molecule has 0 aliphatic carbocycles. The van der Waals surface area contributed by atoms with Crippen LogP contribution in [0.1, 0.15) is 25.8 Å². The zero-order chi connectivity index (χ0) is 14.9. The molecular formula is C14H16BrFN2O2. The molecule has 0 spiro atoms. The fraction of sp³-hybridized carbons (Fsp3) is 0.429. The minimum Gasteiger partial charge on any atom is -0.343 e. The molecule has 2 atom stereocenters. The van der Waals surface area contributed by atoms with Crippen molar-refractivity contribution in [1.82, 2.24) is 10.2 Å². The Balaban J connectivity index is 2.27. The number of benzene rings is 1. The van der Waals surface area contributed by atoms with E-state index in [1.54, 1.807) is 19.1 Å². The lowest BCUT2D eigenvalue weighted by atomic mass is 10.0.